The summed E-state index contributed by atoms with van der Waals surface area (Å²) in [4.78, 5) is 27.9. The summed E-state index contributed by atoms with van der Waals surface area (Å²) < 4.78 is 0.984. The quantitative estimate of drug-likeness (QED) is 0.404. The van der Waals surface area contributed by atoms with Crippen LogP contribution in [0.1, 0.15) is 44.7 Å². The number of benzene rings is 3. The van der Waals surface area contributed by atoms with Crippen LogP contribution >= 0.6 is 15.9 Å². The largest absolute Gasteiger partial charge is 0.352 e. The predicted molar refractivity (Wildman–Crippen MR) is 134 cm³/mol. The second-order valence-electron chi connectivity index (χ2n) is 8.28. The Bertz CT molecular complexity index is 1060. The molecule has 0 saturated carbocycles. The number of fused-ring (bicyclic) bond motifs is 1. The maximum atomic E-state index is 13.4. The Hall–Kier alpha value is -2.66. The lowest BCUT2D eigenvalue weighted by Crippen LogP contribution is -2.49. The number of carbonyl (C=O) groups is 2. The van der Waals surface area contributed by atoms with Crippen LogP contribution in [0.15, 0.2) is 71.2 Å². The highest BCUT2D eigenvalue weighted by Gasteiger charge is 2.26. The lowest BCUT2D eigenvalue weighted by Gasteiger charge is -2.30. The van der Waals surface area contributed by atoms with Crippen molar-refractivity contribution >= 4 is 38.5 Å². The van der Waals surface area contributed by atoms with Crippen LogP contribution in [0.25, 0.3) is 10.8 Å². The molecule has 32 heavy (non-hydrogen) atoms. The van der Waals surface area contributed by atoms with Crippen molar-refractivity contribution in [1.29, 1.82) is 0 Å². The lowest BCUT2D eigenvalue weighted by atomic mass is 10.0. The molecule has 0 spiro atoms. The van der Waals surface area contributed by atoms with Gasteiger partial charge in [-0.2, -0.15) is 0 Å². The fourth-order valence-electron chi connectivity index (χ4n) is 3.73. The first-order valence-corrected chi connectivity index (χ1v) is 12.0. The topological polar surface area (TPSA) is 49.4 Å². The Kier molecular flexibility index (Phi) is 8.46. The standard InChI is InChI=1S/C27H31BrN2O2/c1-4-19(2)29-27(32)20(3)30(18-21-12-15-24(28)16-13-21)26(31)17-14-23-10-7-9-22-8-5-6-11-25(22)23/h5-13,15-16,19-20H,4,14,17-18H2,1-3H3,(H,29,32). The van der Waals surface area contributed by atoms with Crippen LogP contribution in [0.2, 0.25) is 0 Å². The van der Waals surface area contributed by atoms with Crippen LogP contribution in [0.5, 0.6) is 0 Å². The van der Waals surface area contributed by atoms with Crippen molar-refractivity contribution in [3.63, 3.8) is 0 Å². The molecule has 2 atom stereocenters. The highest BCUT2D eigenvalue weighted by Crippen LogP contribution is 2.21. The smallest absolute Gasteiger partial charge is 0.242 e. The van der Waals surface area contributed by atoms with Crippen molar-refractivity contribution in [2.24, 2.45) is 0 Å². The Morgan fingerprint density at radius 3 is 2.38 bits per heavy atom. The van der Waals surface area contributed by atoms with Gasteiger partial charge in [-0.1, -0.05) is 77.5 Å². The minimum absolute atomic E-state index is 0.0207. The fourth-order valence-corrected chi connectivity index (χ4v) is 3.99. The van der Waals surface area contributed by atoms with E-state index in [2.05, 4.69) is 45.5 Å². The number of hydrogen-bond acceptors (Lipinski definition) is 2. The first kappa shape index (κ1) is 24.0. The summed E-state index contributed by atoms with van der Waals surface area (Å²) in [6, 6.07) is 21.8. The highest BCUT2D eigenvalue weighted by molar-refractivity contribution is 9.10. The molecule has 0 bridgehead atoms. The fraction of sp³-hybridized carbons (Fsp3) is 0.333. The van der Waals surface area contributed by atoms with Crippen LogP contribution in [0.4, 0.5) is 0 Å². The van der Waals surface area contributed by atoms with E-state index in [0.29, 0.717) is 19.4 Å². The van der Waals surface area contributed by atoms with Gasteiger partial charge in [-0.25, -0.2) is 0 Å². The zero-order chi connectivity index (χ0) is 23.1. The molecule has 0 fully saturated rings. The van der Waals surface area contributed by atoms with E-state index >= 15 is 0 Å². The van der Waals surface area contributed by atoms with Crippen LogP contribution in [-0.4, -0.2) is 28.8 Å². The van der Waals surface area contributed by atoms with Gasteiger partial charge in [-0.05, 0) is 60.7 Å². The number of hydrogen-bond donors (Lipinski definition) is 1. The van der Waals surface area contributed by atoms with E-state index in [4.69, 9.17) is 0 Å². The van der Waals surface area contributed by atoms with Gasteiger partial charge in [0, 0.05) is 23.5 Å². The van der Waals surface area contributed by atoms with E-state index in [-0.39, 0.29) is 17.9 Å². The summed E-state index contributed by atoms with van der Waals surface area (Å²) in [6.45, 7) is 6.22. The molecular formula is C27H31BrN2O2. The van der Waals surface area contributed by atoms with Gasteiger partial charge in [0.1, 0.15) is 6.04 Å². The zero-order valence-corrected chi connectivity index (χ0v) is 20.6. The van der Waals surface area contributed by atoms with Crippen molar-refractivity contribution in [2.75, 3.05) is 0 Å². The van der Waals surface area contributed by atoms with Gasteiger partial charge in [-0.15, -0.1) is 0 Å². The first-order valence-electron chi connectivity index (χ1n) is 11.2. The molecule has 1 N–H and O–H groups in total. The van der Waals surface area contributed by atoms with Gasteiger partial charge in [0.05, 0.1) is 0 Å². The van der Waals surface area contributed by atoms with E-state index < -0.39 is 6.04 Å². The molecular weight excluding hydrogens is 464 g/mol. The van der Waals surface area contributed by atoms with Gasteiger partial charge in [0.2, 0.25) is 11.8 Å². The molecule has 168 valence electrons. The number of amides is 2. The molecule has 0 aliphatic heterocycles. The number of nitrogens with zero attached hydrogens (tertiary/aromatic N) is 1. The second-order valence-corrected chi connectivity index (χ2v) is 9.20. The maximum absolute atomic E-state index is 13.4. The predicted octanol–water partition coefficient (Wildman–Crippen LogP) is 5.87. The van der Waals surface area contributed by atoms with E-state index in [0.717, 1.165) is 22.0 Å². The molecule has 0 aliphatic carbocycles. The molecule has 2 unspecified atom stereocenters. The third-order valence-corrected chi connectivity index (χ3v) is 6.45. The molecule has 0 aliphatic rings. The van der Waals surface area contributed by atoms with Gasteiger partial charge in [0.25, 0.3) is 0 Å². The van der Waals surface area contributed by atoms with E-state index in [1.165, 1.54) is 10.8 Å². The van der Waals surface area contributed by atoms with Gasteiger partial charge >= 0.3 is 0 Å². The molecule has 3 aromatic rings. The summed E-state index contributed by atoms with van der Waals surface area (Å²) in [5.41, 5.74) is 2.15. The Balaban J connectivity index is 1.78. The Morgan fingerprint density at radius 1 is 0.969 bits per heavy atom. The van der Waals surface area contributed by atoms with Crippen LogP contribution < -0.4 is 5.32 Å². The maximum Gasteiger partial charge on any atom is 0.242 e. The van der Waals surface area contributed by atoms with Crippen molar-refractivity contribution in [3.8, 4) is 0 Å². The molecule has 0 aromatic heterocycles. The number of rotatable bonds is 9. The second kappa shape index (κ2) is 11.3. The number of aryl methyl sites for hydroxylation is 1. The van der Waals surface area contributed by atoms with Crippen LogP contribution in [-0.2, 0) is 22.6 Å². The lowest BCUT2D eigenvalue weighted by molar-refractivity contribution is -0.140. The van der Waals surface area contributed by atoms with Crippen molar-refractivity contribution < 1.29 is 9.59 Å². The minimum Gasteiger partial charge on any atom is -0.352 e. The first-order chi connectivity index (χ1) is 15.4. The van der Waals surface area contributed by atoms with Crippen LogP contribution in [0.3, 0.4) is 0 Å². The summed E-state index contributed by atoms with van der Waals surface area (Å²) in [7, 11) is 0. The molecule has 0 saturated heterocycles. The SMILES string of the molecule is CCC(C)NC(=O)C(C)N(Cc1ccc(Br)cc1)C(=O)CCc1cccc2ccccc12. The molecule has 2 amide bonds. The number of nitrogens with one attached hydrogen (secondary N) is 1. The normalized spacial score (nSPS) is 12.9. The molecule has 4 nitrogen and oxygen atoms in total. The summed E-state index contributed by atoms with van der Waals surface area (Å²) in [6.07, 6.45) is 1.84. The summed E-state index contributed by atoms with van der Waals surface area (Å²) in [5.74, 6) is -0.136. The molecule has 0 heterocycles. The van der Waals surface area contributed by atoms with Gasteiger partial charge in [-0.3, -0.25) is 9.59 Å². The van der Waals surface area contributed by atoms with Crippen molar-refractivity contribution in [1.82, 2.24) is 10.2 Å². The average Bonchev–Trinajstić information content (AvgIpc) is 2.81. The average molecular weight is 495 g/mol. The third kappa shape index (κ3) is 6.19. The van der Waals surface area contributed by atoms with E-state index in [9.17, 15) is 9.59 Å². The third-order valence-electron chi connectivity index (χ3n) is 5.92. The molecule has 3 rings (SSSR count). The minimum atomic E-state index is -0.548. The molecule has 5 heteroatoms. The zero-order valence-electron chi connectivity index (χ0n) is 19.0. The monoisotopic (exact) mass is 494 g/mol. The van der Waals surface area contributed by atoms with Crippen molar-refractivity contribution in [3.05, 3.63) is 82.3 Å². The van der Waals surface area contributed by atoms with E-state index in [1.807, 2.05) is 63.2 Å². The Morgan fingerprint density at radius 2 is 1.66 bits per heavy atom. The van der Waals surface area contributed by atoms with Crippen LogP contribution in [0, 0.1) is 0 Å². The highest BCUT2D eigenvalue weighted by atomic mass is 79.9. The van der Waals surface area contributed by atoms with Gasteiger partial charge < -0.3 is 10.2 Å². The molecule has 0 radical (unpaired) electrons. The van der Waals surface area contributed by atoms with E-state index in [1.54, 1.807) is 4.90 Å². The number of carbonyl (C=O) groups excluding carboxylic acids is 2. The Labute approximate surface area is 199 Å². The van der Waals surface area contributed by atoms with Crippen molar-refractivity contribution in [2.45, 2.75) is 58.7 Å². The molecule has 3 aromatic carbocycles. The summed E-state index contributed by atoms with van der Waals surface area (Å²) in [5, 5.41) is 5.36. The number of halogens is 1. The summed E-state index contributed by atoms with van der Waals surface area (Å²) >= 11 is 3.45. The van der Waals surface area contributed by atoms with Gasteiger partial charge in [0.15, 0.2) is 0 Å².